The summed E-state index contributed by atoms with van der Waals surface area (Å²) < 4.78 is 29.2. The largest absolute Gasteiger partial charge is 0.313 e. The number of hydrogen-bond acceptors (Lipinski definition) is 4. The van der Waals surface area contributed by atoms with Gasteiger partial charge in [-0.25, -0.2) is 8.42 Å². The Bertz CT molecular complexity index is 790. The number of nitrogens with one attached hydrogen (secondary N) is 1. The van der Waals surface area contributed by atoms with Crippen LogP contribution in [0.1, 0.15) is 18.5 Å². The van der Waals surface area contributed by atoms with Crippen molar-refractivity contribution in [3.05, 3.63) is 47.1 Å². The Labute approximate surface area is 141 Å². The van der Waals surface area contributed by atoms with Gasteiger partial charge in [0.15, 0.2) is 5.03 Å². The van der Waals surface area contributed by atoms with Gasteiger partial charge in [-0.1, -0.05) is 23.7 Å². The van der Waals surface area contributed by atoms with Gasteiger partial charge in [0.2, 0.25) is 0 Å². The monoisotopic (exact) mass is 354 g/mol. The Morgan fingerprint density at radius 3 is 2.96 bits per heavy atom. The molecule has 23 heavy (non-hydrogen) atoms. The number of benzene rings is 1. The molecule has 1 unspecified atom stereocenters. The van der Waals surface area contributed by atoms with Gasteiger partial charge >= 0.3 is 0 Å². The Morgan fingerprint density at radius 1 is 1.39 bits per heavy atom. The van der Waals surface area contributed by atoms with Gasteiger partial charge in [-0.2, -0.15) is 9.40 Å². The molecule has 1 aliphatic rings. The maximum atomic E-state index is 13.1. The summed E-state index contributed by atoms with van der Waals surface area (Å²) in [6, 6.07) is 8.62. The molecule has 0 bridgehead atoms. The Kier molecular flexibility index (Phi) is 4.72. The lowest BCUT2D eigenvalue weighted by Crippen LogP contribution is -2.48. The molecule has 1 aliphatic heterocycles. The summed E-state index contributed by atoms with van der Waals surface area (Å²) in [5.41, 5.74) is 0.885. The number of aryl methyl sites for hydroxylation is 1. The second-order valence-corrected chi connectivity index (χ2v) is 7.65. The van der Waals surface area contributed by atoms with Crippen LogP contribution in [0.3, 0.4) is 0 Å². The fraction of sp³-hybridized carbons (Fsp3) is 0.400. The second kappa shape index (κ2) is 6.60. The fourth-order valence-electron chi connectivity index (χ4n) is 2.87. The minimum Gasteiger partial charge on any atom is -0.313 e. The predicted octanol–water partition coefficient (Wildman–Crippen LogP) is 1.89. The third kappa shape index (κ3) is 3.14. The molecular formula is C15H19ClN4O2S. The van der Waals surface area contributed by atoms with Crippen LogP contribution in [0.5, 0.6) is 0 Å². The van der Waals surface area contributed by atoms with Crippen molar-refractivity contribution in [1.29, 1.82) is 0 Å². The van der Waals surface area contributed by atoms with Gasteiger partial charge in [-0.3, -0.25) is 4.68 Å². The normalized spacial score (nSPS) is 19.8. The van der Waals surface area contributed by atoms with Crippen molar-refractivity contribution in [2.45, 2.75) is 24.5 Å². The van der Waals surface area contributed by atoms with E-state index in [1.807, 2.05) is 25.1 Å². The van der Waals surface area contributed by atoms with Crippen molar-refractivity contribution in [2.75, 3.05) is 19.6 Å². The number of rotatable bonds is 4. The van der Waals surface area contributed by atoms with Gasteiger partial charge in [0.1, 0.15) is 0 Å². The lowest BCUT2D eigenvalue weighted by atomic mass is 10.1. The first-order valence-corrected chi connectivity index (χ1v) is 9.35. The van der Waals surface area contributed by atoms with E-state index in [9.17, 15) is 8.42 Å². The number of hydrogen-bond donors (Lipinski definition) is 1. The first-order chi connectivity index (χ1) is 11.0. The molecule has 0 aliphatic carbocycles. The van der Waals surface area contributed by atoms with Gasteiger partial charge in [-0.15, -0.1) is 0 Å². The van der Waals surface area contributed by atoms with Crippen LogP contribution < -0.4 is 5.32 Å². The minimum absolute atomic E-state index is 0.230. The molecule has 0 radical (unpaired) electrons. The van der Waals surface area contributed by atoms with Crippen molar-refractivity contribution in [2.24, 2.45) is 0 Å². The summed E-state index contributed by atoms with van der Waals surface area (Å²) in [5, 5.41) is 8.17. The van der Waals surface area contributed by atoms with Crippen LogP contribution in [0, 0.1) is 0 Å². The molecule has 1 fully saturated rings. The number of sulfonamides is 1. The number of halogens is 1. The van der Waals surface area contributed by atoms with Crippen LogP contribution in [0.25, 0.3) is 0 Å². The number of aromatic nitrogens is 2. The van der Waals surface area contributed by atoms with E-state index >= 15 is 0 Å². The van der Waals surface area contributed by atoms with Crippen molar-refractivity contribution >= 4 is 21.6 Å². The lowest BCUT2D eigenvalue weighted by molar-refractivity contribution is 0.269. The zero-order valence-electron chi connectivity index (χ0n) is 12.8. The molecular weight excluding hydrogens is 336 g/mol. The predicted molar refractivity (Wildman–Crippen MR) is 88.9 cm³/mol. The van der Waals surface area contributed by atoms with Crippen molar-refractivity contribution in [1.82, 2.24) is 19.4 Å². The molecule has 1 aromatic carbocycles. The Morgan fingerprint density at radius 2 is 2.22 bits per heavy atom. The van der Waals surface area contributed by atoms with E-state index in [0.29, 0.717) is 31.2 Å². The lowest BCUT2D eigenvalue weighted by Gasteiger charge is -2.35. The molecule has 0 amide bonds. The highest BCUT2D eigenvalue weighted by Gasteiger charge is 2.36. The smallest absolute Gasteiger partial charge is 0.260 e. The molecule has 0 spiro atoms. The van der Waals surface area contributed by atoms with E-state index < -0.39 is 10.0 Å². The van der Waals surface area contributed by atoms with Gasteiger partial charge in [0.25, 0.3) is 10.0 Å². The van der Waals surface area contributed by atoms with Crippen LogP contribution in [-0.2, 0) is 16.6 Å². The molecule has 1 saturated heterocycles. The zero-order chi connectivity index (χ0) is 16.4. The molecule has 124 valence electrons. The van der Waals surface area contributed by atoms with E-state index in [2.05, 4.69) is 10.4 Å². The molecule has 3 rings (SSSR count). The van der Waals surface area contributed by atoms with Crippen LogP contribution >= 0.6 is 11.6 Å². The molecule has 1 atom stereocenters. The van der Waals surface area contributed by atoms with Crippen LogP contribution in [0.15, 0.2) is 41.6 Å². The minimum atomic E-state index is -3.62. The molecule has 0 saturated carbocycles. The van der Waals surface area contributed by atoms with E-state index in [4.69, 9.17) is 11.6 Å². The highest BCUT2D eigenvalue weighted by atomic mass is 35.5. The van der Waals surface area contributed by atoms with E-state index in [1.54, 1.807) is 16.4 Å². The number of piperazine rings is 1. The molecule has 2 heterocycles. The number of nitrogens with zero attached hydrogens (tertiary/aromatic N) is 3. The molecule has 6 nitrogen and oxygen atoms in total. The summed E-state index contributed by atoms with van der Waals surface area (Å²) >= 11 is 6.07. The summed E-state index contributed by atoms with van der Waals surface area (Å²) in [4.78, 5) is 0. The maximum absolute atomic E-state index is 13.1. The van der Waals surface area contributed by atoms with Crippen molar-refractivity contribution in [3.63, 3.8) is 0 Å². The second-order valence-electron chi connectivity index (χ2n) is 5.38. The first-order valence-electron chi connectivity index (χ1n) is 7.54. The maximum Gasteiger partial charge on any atom is 0.260 e. The van der Waals surface area contributed by atoms with Crippen LogP contribution in [-0.4, -0.2) is 42.1 Å². The average molecular weight is 355 g/mol. The highest BCUT2D eigenvalue weighted by Crippen LogP contribution is 2.30. The van der Waals surface area contributed by atoms with Gasteiger partial charge in [-0.05, 0) is 30.7 Å². The summed E-state index contributed by atoms with van der Waals surface area (Å²) in [6.07, 6.45) is 1.52. The third-order valence-electron chi connectivity index (χ3n) is 3.98. The average Bonchev–Trinajstić information content (AvgIpc) is 3.04. The van der Waals surface area contributed by atoms with Gasteiger partial charge < -0.3 is 5.32 Å². The highest BCUT2D eigenvalue weighted by molar-refractivity contribution is 7.89. The summed E-state index contributed by atoms with van der Waals surface area (Å²) in [5.74, 6) is 0. The Hall–Kier alpha value is -1.41. The first kappa shape index (κ1) is 16.4. The topological polar surface area (TPSA) is 67.2 Å². The van der Waals surface area contributed by atoms with Crippen molar-refractivity contribution < 1.29 is 8.42 Å². The molecule has 8 heteroatoms. The van der Waals surface area contributed by atoms with Gasteiger partial charge in [0.05, 0.1) is 12.2 Å². The zero-order valence-corrected chi connectivity index (χ0v) is 14.4. The third-order valence-corrected chi connectivity index (χ3v) is 6.14. The quantitative estimate of drug-likeness (QED) is 0.910. The van der Waals surface area contributed by atoms with E-state index in [0.717, 1.165) is 5.56 Å². The van der Waals surface area contributed by atoms with Crippen molar-refractivity contribution in [3.8, 4) is 0 Å². The van der Waals surface area contributed by atoms with Gasteiger partial charge in [0, 0.05) is 31.2 Å². The standard InChI is InChI=1S/C15H19ClN4O2S/c1-2-19-15(6-7-18-19)23(21,22)20-9-8-17-11-14(20)12-4-3-5-13(16)10-12/h3-7,10,14,17H,2,8-9,11H2,1H3. The summed E-state index contributed by atoms with van der Waals surface area (Å²) in [6.45, 7) is 3.97. The van der Waals surface area contributed by atoms with E-state index in [-0.39, 0.29) is 11.1 Å². The fourth-order valence-corrected chi connectivity index (χ4v) is 4.85. The molecule has 1 N–H and O–H groups in total. The summed E-state index contributed by atoms with van der Waals surface area (Å²) in [7, 11) is -3.62. The molecule has 2 aromatic rings. The molecule has 1 aromatic heterocycles. The Balaban J connectivity index is 2.01. The van der Waals surface area contributed by atoms with Crippen LogP contribution in [0.4, 0.5) is 0 Å². The van der Waals surface area contributed by atoms with E-state index in [1.165, 1.54) is 10.9 Å². The van der Waals surface area contributed by atoms with Crippen LogP contribution in [0.2, 0.25) is 5.02 Å². The SMILES string of the molecule is CCn1nccc1S(=O)(=O)N1CCNCC1c1cccc(Cl)c1.